The van der Waals surface area contributed by atoms with E-state index in [1.54, 1.807) is 0 Å². The van der Waals surface area contributed by atoms with E-state index in [-0.39, 0.29) is 21.4 Å². The van der Waals surface area contributed by atoms with Crippen LogP contribution >= 0.6 is 23.1 Å². The maximum atomic E-state index is 11.8. The van der Waals surface area contributed by atoms with Gasteiger partial charge in [-0.3, -0.25) is 10.1 Å². The highest BCUT2D eigenvalue weighted by molar-refractivity contribution is 7.98. The lowest BCUT2D eigenvalue weighted by atomic mass is 10.5. The molecule has 0 aliphatic heterocycles. The van der Waals surface area contributed by atoms with Crippen molar-refractivity contribution in [3.05, 3.63) is 16.2 Å². The Morgan fingerprint density at radius 2 is 2.28 bits per heavy atom. The molecule has 0 unspecified atom stereocenters. The molecule has 0 aliphatic rings. The molecular formula is C7H12N4O4S3. The average Bonchev–Trinajstić information content (AvgIpc) is 2.74. The van der Waals surface area contributed by atoms with Crippen molar-refractivity contribution >= 4 is 43.8 Å². The number of hydrazine groups is 1. The SMILES string of the molecule is CSCCNS(=O)(=O)c1cc([N+](=O)[O-])c(NN)s1. The van der Waals surface area contributed by atoms with E-state index in [4.69, 9.17) is 5.84 Å². The van der Waals surface area contributed by atoms with Crippen LogP contribution in [0.1, 0.15) is 0 Å². The van der Waals surface area contributed by atoms with Gasteiger partial charge in [0.05, 0.1) is 4.92 Å². The fourth-order valence-electron chi connectivity index (χ4n) is 1.08. The molecule has 1 rings (SSSR count). The van der Waals surface area contributed by atoms with Crippen LogP contribution in [-0.2, 0) is 10.0 Å². The summed E-state index contributed by atoms with van der Waals surface area (Å²) in [6.07, 6.45) is 1.85. The lowest BCUT2D eigenvalue weighted by molar-refractivity contribution is -0.383. The number of nitrogens with two attached hydrogens (primary N) is 1. The number of nitrogens with one attached hydrogen (secondary N) is 2. The maximum absolute atomic E-state index is 11.8. The van der Waals surface area contributed by atoms with E-state index in [0.29, 0.717) is 5.75 Å². The molecule has 0 aromatic carbocycles. The number of anilines is 1. The van der Waals surface area contributed by atoms with Crippen LogP contribution in [0.4, 0.5) is 10.7 Å². The summed E-state index contributed by atoms with van der Waals surface area (Å²) in [6.45, 7) is 0.264. The summed E-state index contributed by atoms with van der Waals surface area (Å²) in [4.78, 5) is 9.99. The van der Waals surface area contributed by atoms with E-state index < -0.39 is 14.9 Å². The summed E-state index contributed by atoms with van der Waals surface area (Å²) < 4.78 is 25.8. The van der Waals surface area contributed by atoms with Gasteiger partial charge in [-0.05, 0) is 6.26 Å². The summed E-state index contributed by atoms with van der Waals surface area (Å²) in [7, 11) is -3.72. The number of nitro groups is 1. The average molecular weight is 312 g/mol. The Morgan fingerprint density at radius 1 is 1.61 bits per heavy atom. The smallest absolute Gasteiger partial charge is 0.306 e. The Kier molecular flexibility index (Phi) is 5.34. The zero-order chi connectivity index (χ0) is 13.8. The highest BCUT2D eigenvalue weighted by Crippen LogP contribution is 2.36. The van der Waals surface area contributed by atoms with Gasteiger partial charge in [0.25, 0.3) is 0 Å². The third-order valence-corrected chi connectivity index (χ3v) is 5.48. The number of nitrogen functional groups attached to an aromatic ring is 1. The predicted molar refractivity (Wildman–Crippen MR) is 72.4 cm³/mol. The molecule has 0 bridgehead atoms. The Labute approximate surface area is 112 Å². The lowest BCUT2D eigenvalue weighted by Gasteiger charge is -2.02. The molecular weight excluding hydrogens is 300 g/mol. The second-order valence-corrected chi connectivity index (χ2v) is 7.10. The number of thioether (sulfide) groups is 1. The van der Waals surface area contributed by atoms with E-state index in [9.17, 15) is 18.5 Å². The van der Waals surface area contributed by atoms with Crippen molar-refractivity contribution in [2.45, 2.75) is 4.21 Å². The van der Waals surface area contributed by atoms with Gasteiger partial charge in [0.15, 0.2) is 5.00 Å². The topological polar surface area (TPSA) is 127 Å². The first-order chi connectivity index (χ1) is 8.42. The van der Waals surface area contributed by atoms with Crippen LogP contribution in [0.15, 0.2) is 10.3 Å². The largest absolute Gasteiger partial charge is 0.310 e. The van der Waals surface area contributed by atoms with Crippen LogP contribution in [0.3, 0.4) is 0 Å². The molecule has 1 aromatic heterocycles. The van der Waals surface area contributed by atoms with Crippen molar-refractivity contribution in [3.63, 3.8) is 0 Å². The van der Waals surface area contributed by atoms with Crippen molar-refractivity contribution in [2.24, 2.45) is 5.84 Å². The Balaban J connectivity index is 2.99. The van der Waals surface area contributed by atoms with Crippen LogP contribution in [-0.4, -0.2) is 31.9 Å². The fourth-order valence-corrected chi connectivity index (χ4v) is 3.83. The molecule has 0 spiro atoms. The van der Waals surface area contributed by atoms with E-state index >= 15 is 0 Å². The molecule has 11 heteroatoms. The Morgan fingerprint density at radius 3 is 2.72 bits per heavy atom. The van der Waals surface area contributed by atoms with Crippen LogP contribution in [0.2, 0.25) is 0 Å². The monoisotopic (exact) mass is 312 g/mol. The zero-order valence-corrected chi connectivity index (χ0v) is 11.8. The molecule has 1 aromatic rings. The third kappa shape index (κ3) is 3.55. The number of hydrogen-bond donors (Lipinski definition) is 3. The first kappa shape index (κ1) is 15.2. The number of thiophene rings is 1. The van der Waals surface area contributed by atoms with E-state index in [2.05, 4.69) is 10.1 Å². The van der Waals surface area contributed by atoms with E-state index in [1.165, 1.54) is 11.8 Å². The minimum atomic E-state index is -3.72. The summed E-state index contributed by atoms with van der Waals surface area (Å²) in [5, 5.41) is 10.7. The maximum Gasteiger partial charge on any atom is 0.306 e. The highest BCUT2D eigenvalue weighted by atomic mass is 32.2. The van der Waals surface area contributed by atoms with Crippen molar-refractivity contribution in [2.75, 3.05) is 24.0 Å². The second-order valence-electron chi connectivity index (χ2n) is 3.07. The molecule has 18 heavy (non-hydrogen) atoms. The molecule has 1 heterocycles. The van der Waals surface area contributed by atoms with Gasteiger partial charge >= 0.3 is 5.69 Å². The standard InChI is InChI=1S/C7H12N4O4S3/c1-16-3-2-9-18(14,15)6-4-5(11(12)13)7(10-8)17-6/h4,9-10H,2-3,8H2,1H3. The normalized spacial score (nSPS) is 11.4. The van der Waals surface area contributed by atoms with Crippen LogP contribution < -0.4 is 16.0 Å². The highest BCUT2D eigenvalue weighted by Gasteiger charge is 2.25. The molecule has 0 aliphatic carbocycles. The second kappa shape index (κ2) is 6.33. The van der Waals surface area contributed by atoms with Crippen LogP contribution in [0, 0.1) is 10.1 Å². The molecule has 0 atom stereocenters. The summed E-state index contributed by atoms with van der Waals surface area (Å²) >= 11 is 2.21. The van der Waals surface area contributed by atoms with Gasteiger partial charge in [-0.2, -0.15) is 11.8 Å². The molecule has 0 saturated heterocycles. The molecule has 0 amide bonds. The quantitative estimate of drug-likeness (QED) is 0.291. The summed E-state index contributed by atoms with van der Waals surface area (Å²) in [5.41, 5.74) is 1.76. The Bertz CT molecular complexity index is 527. The first-order valence-corrected chi connectivity index (χ1v) is 8.35. The van der Waals surface area contributed by atoms with E-state index in [1.807, 2.05) is 6.26 Å². The van der Waals surface area contributed by atoms with Crippen molar-refractivity contribution in [3.8, 4) is 0 Å². The summed E-state index contributed by atoms with van der Waals surface area (Å²) in [6, 6.07) is 0.987. The van der Waals surface area contributed by atoms with Gasteiger partial charge in [0, 0.05) is 18.4 Å². The zero-order valence-electron chi connectivity index (χ0n) is 9.37. The van der Waals surface area contributed by atoms with Crippen LogP contribution in [0.5, 0.6) is 0 Å². The predicted octanol–water partition coefficient (Wildman–Crippen LogP) is 0.583. The van der Waals surface area contributed by atoms with Gasteiger partial charge < -0.3 is 5.43 Å². The molecule has 0 radical (unpaired) electrons. The minimum absolute atomic E-state index is 0.00485. The summed E-state index contributed by atoms with van der Waals surface area (Å²) in [5.74, 6) is 5.72. The van der Waals surface area contributed by atoms with Gasteiger partial charge in [0.2, 0.25) is 10.0 Å². The van der Waals surface area contributed by atoms with E-state index in [0.717, 1.165) is 17.4 Å². The molecule has 0 saturated carbocycles. The molecule has 102 valence electrons. The van der Waals surface area contributed by atoms with Crippen LogP contribution in [0.25, 0.3) is 0 Å². The number of nitrogens with zero attached hydrogens (tertiary/aromatic N) is 1. The molecule has 0 fully saturated rings. The van der Waals surface area contributed by atoms with Gasteiger partial charge in [-0.25, -0.2) is 19.0 Å². The number of hydrogen-bond acceptors (Lipinski definition) is 8. The number of sulfonamides is 1. The fraction of sp³-hybridized carbons (Fsp3) is 0.429. The number of rotatable bonds is 7. The van der Waals surface area contributed by atoms with Crippen molar-refractivity contribution in [1.29, 1.82) is 0 Å². The van der Waals surface area contributed by atoms with Gasteiger partial charge in [-0.15, -0.1) is 0 Å². The Hall–Kier alpha value is -0.880. The van der Waals surface area contributed by atoms with Crippen molar-refractivity contribution < 1.29 is 13.3 Å². The molecule has 4 N–H and O–H groups in total. The van der Waals surface area contributed by atoms with Gasteiger partial charge in [-0.1, -0.05) is 11.3 Å². The minimum Gasteiger partial charge on any atom is -0.310 e. The third-order valence-electron chi connectivity index (χ3n) is 1.88. The lowest BCUT2D eigenvalue weighted by Crippen LogP contribution is -2.25. The van der Waals surface area contributed by atoms with Gasteiger partial charge in [0.1, 0.15) is 4.21 Å². The first-order valence-electron chi connectivity index (χ1n) is 4.66. The van der Waals surface area contributed by atoms with Crippen molar-refractivity contribution in [1.82, 2.24) is 4.72 Å². The molecule has 8 nitrogen and oxygen atoms in total.